The summed E-state index contributed by atoms with van der Waals surface area (Å²) in [6, 6.07) is 6.88. The van der Waals surface area contributed by atoms with Gasteiger partial charge in [-0.05, 0) is 31.9 Å². The highest BCUT2D eigenvalue weighted by atomic mass is 16.5. The molecule has 1 N–H and O–H groups in total. The average Bonchev–Trinajstić information content (AvgIpc) is 2.69. The van der Waals surface area contributed by atoms with Gasteiger partial charge in [0.05, 0.1) is 17.7 Å². The second-order valence-electron chi connectivity index (χ2n) is 4.62. The summed E-state index contributed by atoms with van der Waals surface area (Å²) in [6.07, 6.45) is 1.95. The number of nitrogens with one attached hydrogen (secondary N) is 1. The third kappa shape index (κ3) is 2.87. The minimum absolute atomic E-state index is 0.217. The first-order chi connectivity index (χ1) is 9.65. The first kappa shape index (κ1) is 14.2. The van der Waals surface area contributed by atoms with Crippen molar-refractivity contribution in [3.8, 4) is 0 Å². The molecule has 1 aromatic carbocycles. The minimum atomic E-state index is -0.217. The van der Waals surface area contributed by atoms with Crippen LogP contribution in [0.3, 0.4) is 0 Å². The van der Waals surface area contributed by atoms with Gasteiger partial charge in [-0.15, -0.1) is 0 Å². The number of carbonyl (C=O) groups excluding carboxylic acids is 2. The maximum absolute atomic E-state index is 12.1. The van der Waals surface area contributed by atoms with Crippen LogP contribution in [0, 0.1) is 5.41 Å². The van der Waals surface area contributed by atoms with Gasteiger partial charge in [0.25, 0.3) is 11.8 Å². The first-order valence-electron chi connectivity index (χ1n) is 6.80. The van der Waals surface area contributed by atoms with Crippen LogP contribution in [0.2, 0.25) is 0 Å². The first-order valence-corrected chi connectivity index (χ1v) is 6.80. The SMILES string of the molecule is CCOC(=N)CCCCN1C(=O)c2ccccc2C1=O. The quantitative estimate of drug-likeness (QED) is 0.375. The number of unbranched alkanes of at least 4 members (excludes halogenated alkanes) is 1. The van der Waals surface area contributed by atoms with Gasteiger partial charge in [-0.1, -0.05) is 12.1 Å². The van der Waals surface area contributed by atoms with Crippen molar-refractivity contribution < 1.29 is 14.3 Å². The van der Waals surface area contributed by atoms with Crippen molar-refractivity contribution in [2.75, 3.05) is 13.2 Å². The zero-order valence-electron chi connectivity index (χ0n) is 11.5. The Kier molecular flexibility index (Phi) is 4.50. The van der Waals surface area contributed by atoms with Gasteiger partial charge in [0.1, 0.15) is 0 Å². The molecule has 0 spiro atoms. The second kappa shape index (κ2) is 6.32. The van der Waals surface area contributed by atoms with Gasteiger partial charge >= 0.3 is 0 Å². The largest absolute Gasteiger partial charge is 0.481 e. The lowest BCUT2D eigenvalue weighted by molar-refractivity contribution is 0.0652. The number of hydrogen-bond acceptors (Lipinski definition) is 4. The molecular formula is C15H18N2O3. The number of benzene rings is 1. The third-order valence-electron chi connectivity index (χ3n) is 3.23. The van der Waals surface area contributed by atoms with Crippen molar-refractivity contribution >= 4 is 17.7 Å². The molecule has 0 radical (unpaired) electrons. The second-order valence-corrected chi connectivity index (χ2v) is 4.62. The molecule has 0 aromatic heterocycles. The monoisotopic (exact) mass is 274 g/mol. The molecule has 0 unspecified atom stereocenters. The maximum Gasteiger partial charge on any atom is 0.261 e. The molecule has 20 heavy (non-hydrogen) atoms. The molecule has 2 rings (SSSR count). The van der Waals surface area contributed by atoms with E-state index in [0.717, 1.165) is 6.42 Å². The molecule has 106 valence electrons. The highest BCUT2D eigenvalue weighted by molar-refractivity contribution is 6.21. The molecular weight excluding hydrogens is 256 g/mol. The summed E-state index contributed by atoms with van der Waals surface area (Å²) >= 11 is 0. The Morgan fingerprint density at radius 1 is 1.15 bits per heavy atom. The molecule has 1 aliphatic heterocycles. The zero-order chi connectivity index (χ0) is 14.5. The van der Waals surface area contributed by atoms with Crippen molar-refractivity contribution in [3.63, 3.8) is 0 Å². The molecule has 0 saturated carbocycles. The standard InChI is InChI=1S/C15H18N2O3/c1-2-20-13(16)9-5-6-10-17-14(18)11-7-3-4-8-12(11)15(17)19/h3-4,7-8,16H,2,5-6,9-10H2,1H3. The van der Waals surface area contributed by atoms with Crippen LogP contribution in [0.15, 0.2) is 24.3 Å². The van der Waals surface area contributed by atoms with Crippen LogP contribution in [0.25, 0.3) is 0 Å². The van der Waals surface area contributed by atoms with Gasteiger partial charge in [0, 0.05) is 13.0 Å². The Balaban J connectivity index is 1.85. The Hall–Kier alpha value is -2.17. The zero-order valence-corrected chi connectivity index (χ0v) is 11.5. The molecule has 1 aromatic rings. The molecule has 0 aliphatic carbocycles. The van der Waals surface area contributed by atoms with Crippen LogP contribution >= 0.6 is 0 Å². The number of amides is 2. The summed E-state index contributed by atoms with van der Waals surface area (Å²) in [5.74, 6) is -0.175. The van der Waals surface area contributed by atoms with Gasteiger partial charge in [0.2, 0.25) is 0 Å². The van der Waals surface area contributed by atoms with E-state index in [2.05, 4.69) is 0 Å². The Morgan fingerprint density at radius 3 is 2.30 bits per heavy atom. The number of carbonyl (C=O) groups is 2. The van der Waals surface area contributed by atoms with E-state index in [-0.39, 0.29) is 17.7 Å². The Morgan fingerprint density at radius 2 is 1.75 bits per heavy atom. The molecule has 5 heteroatoms. The molecule has 1 heterocycles. The number of nitrogens with zero attached hydrogens (tertiary/aromatic N) is 1. The summed E-state index contributed by atoms with van der Waals surface area (Å²) in [5, 5.41) is 7.49. The Labute approximate surface area is 118 Å². The van der Waals surface area contributed by atoms with Gasteiger partial charge in [-0.3, -0.25) is 19.9 Å². The number of imide groups is 1. The van der Waals surface area contributed by atoms with Gasteiger partial charge in [-0.2, -0.15) is 0 Å². The Bertz CT molecular complexity index is 505. The van der Waals surface area contributed by atoms with Crippen molar-refractivity contribution in [2.45, 2.75) is 26.2 Å². The lowest BCUT2D eigenvalue weighted by Gasteiger charge is -2.13. The predicted octanol–water partition coefficient (Wildman–Crippen LogP) is 2.47. The highest BCUT2D eigenvalue weighted by Gasteiger charge is 2.34. The van der Waals surface area contributed by atoms with E-state index in [1.54, 1.807) is 24.3 Å². The highest BCUT2D eigenvalue weighted by Crippen LogP contribution is 2.22. The summed E-state index contributed by atoms with van der Waals surface area (Å²) < 4.78 is 5.04. The van der Waals surface area contributed by atoms with Crippen molar-refractivity contribution in [1.82, 2.24) is 4.90 Å². The van der Waals surface area contributed by atoms with Gasteiger partial charge < -0.3 is 4.74 Å². The number of rotatable bonds is 6. The summed E-state index contributed by atoms with van der Waals surface area (Å²) in [4.78, 5) is 25.4. The average molecular weight is 274 g/mol. The lowest BCUT2D eigenvalue weighted by Crippen LogP contribution is -2.30. The smallest absolute Gasteiger partial charge is 0.261 e. The van der Waals surface area contributed by atoms with Crippen LogP contribution in [-0.4, -0.2) is 35.8 Å². The van der Waals surface area contributed by atoms with Crippen LogP contribution < -0.4 is 0 Å². The fourth-order valence-corrected chi connectivity index (χ4v) is 2.24. The molecule has 2 amide bonds. The molecule has 5 nitrogen and oxygen atoms in total. The number of hydrogen-bond donors (Lipinski definition) is 1. The summed E-state index contributed by atoms with van der Waals surface area (Å²) in [5.41, 5.74) is 0.971. The number of fused-ring (bicyclic) bond motifs is 1. The van der Waals surface area contributed by atoms with Crippen LogP contribution in [0.5, 0.6) is 0 Å². The summed E-state index contributed by atoms with van der Waals surface area (Å²) in [6.45, 7) is 2.73. The van der Waals surface area contributed by atoms with Crippen molar-refractivity contribution in [3.05, 3.63) is 35.4 Å². The topological polar surface area (TPSA) is 70.5 Å². The van der Waals surface area contributed by atoms with Gasteiger partial charge in [0.15, 0.2) is 5.90 Å². The van der Waals surface area contributed by atoms with E-state index in [1.807, 2.05) is 6.92 Å². The number of ether oxygens (including phenoxy) is 1. The summed E-state index contributed by atoms with van der Waals surface area (Å²) in [7, 11) is 0. The van der Waals surface area contributed by atoms with E-state index >= 15 is 0 Å². The molecule has 0 saturated heterocycles. The van der Waals surface area contributed by atoms with E-state index in [0.29, 0.717) is 37.1 Å². The molecule has 0 atom stereocenters. The van der Waals surface area contributed by atoms with Crippen molar-refractivity contribution in [2.24, 2.45) is 0 Å². The third-order valence-corrected chi connectivity index (χ3v) is 3.23. The van der Waals surface area contributed by atoms with Gasteiger partial charge in [-0.25, -0.2) is 0 Å². The molecule has 0 fully saturated rings. The van der Waals surface area contributed by atoms with Crippen LogP contribution in [-0.2, 0) is 4.74 Å². The molecule has 0 bridgehead atoms. The fraction of sp³-hybridized carbons (Fsp3) is 0.400. The molecule has 1 aliphatic rings. The van der Waals surface area contributed by atoms with E-state index < -0.39 is 0 Å². The van der Waals surface area contributed by atoms with E-state index in [9.17, 15) is 9.59 Å². The van der Waals surface area contributed by atoms with Crippen LogP contribution in [0.1, 0.15) is 46.9 Å². The maximum atomic E-state index is 12.1. The van der Waals surface area contributed by atoms with E-state index in [4.69, 9.17) is 10.1 Å². The fourth-order valence-electron chi connectivity index (χ4n) is 2.24. The minimum Gasteiger partial charge on any atom is -0.481 e. The van der Waals surface area contributed by atoms with E-state index in [1.165, 1.54) is 4.90 Å². The predicted molar refractivity (Wildman–Crippen MR) is 75.0 cm³/mol. The van der Waals surface area contributed by atoms with Crippen LogP contribution in [0.4, 0.5) is 0 Å². The lowest BCUT2D eigenvalue weighted by atomic mass is 10.1. The normalized spacial score (nSPS) is 13.6. The van der Waals surface area contributed by atoms with Crippen molar-refractivity contribution in [1.29, 1.82) is 5.41 Å².